The molecule has 0 spiro atoms. The quantitative estimate of drug-likeness (QED) is 0.660. The summed E-state index contributed by atoms with van der Waals surface area (Å²) in [6, 6.07) is 6.86. The molecule has 0 radical (unpaired) electrons. The molecule has 1 saturated heterocycles. The number of cyclic esters (lactones) is 2. The maximum Gasteiger partial charge on any atom is 0.329 e. The van der Waals surface area contributed by atoms with E-state index >= 15 is 0 Å². The molecule has 1 aliphatic heterocycles. The van der Waals surface area contributed by atoms with Crippen LogP contribution in [0.25, 0.3) is 0 Å². The Morgan fingerprint density at radius 1 is 1.10 bits per heavy atom. The minimum atomic E-state index is -1.72. The molecule has 1 heterocycles. The van der Waals surface area contributed by atoms with Gasteiger partial charge in [-0.1, -0.05) is 12.1 Å². The van der Waals surface area contributed by atoms with Gasteiger partial charge in [0.2, 0.25) is 0 Å². The first-order chi connectivity index (χ1) is 9.83. The molecular weight excluding hydrogens is 276 g/mol. The van der Waals surface area contributed by atoms with Gasteiger partial charge in [-0.2, -0.15) is 0 Å². The third-order valence-electron chi connectivity index (χ3n) is 3.39. The maximum atomic E-state index is 12.2. The average Bonchev–Trinajstić information content (AvgIpc) is 2.43. The monoisotopic (exact) mass is 294 g/mol. The molecule has 0 aromatic heterocycles. The lowest BCUT2D eigenvalue weighted by molar-refractivity contribution is -0.253. The summed E-state index contributed by atoms with van der Waals surface area (Å²) in [5.41, 5.74) is -1.03. The van der Waals surface area contributed by atoms with Gasteiger partial charge in [-0.25, -0.2) is 0 Å². The number of rotatable bonds is 4. The van der Waals surface area contributed by atoms with Gasteiger partial charge in [-0.15, -0.1) is 0 Å². The Morgan fingerprint density at radius 3 is 2.05 bits per heavy atom. The summed E-state index contributed by atoms with van der Waals surface area (Å²) >= 11 is 0. The van der Waals surface area contributed by atoms with Gasteiger partial charge in [0.05, 0.1) is 13.7 Å². The van der Waals surface area contributed by atoms with E-state index in [1.54, 1.807) is 31.4 Å². The molecule has 2 rings (SSSR count). The Balaban J connectivity index is 2.28. The van der Waals surface area contributed by atoms with Crippen molar-refractivity contribution in [3.8, 4) is 5.75 Å². The first-order valence-corrected chi connectivity index (χ1v) is 6.54. The van der Waals surface area contributed by atoms with Crippen LogP contribution in [-0.4, -0.2) is 36.5 Å². The third kappa shape index (κ3) is 2.85. The van der Waals surface area contributed by atoms with Gasteiger partial charge in [-0.3, -0.25) is 9.59 Å². The molecule has 21 heavy (non-hydrogen) atoms. The number of methoxy groups -OCH3 is 1. The summed E-state index contributed by atoms with van der Waals surface area (Å²) < 4.78 is 15.3. The van der Waals surface area contributed by atoms with Crippen LogP contribution >= 0.6 is 0 Å². The van der Waals surface area contributed by atoms with Crippen LogP contribution in [0, 0.1) is 5.41 Å². The second-order valence-corrected chi connectivity index (χ2v) is 5.44. The fraction of sp³-hybridized carbons (Fsp3) is 0.467. The molecule has 1 fully saturated rings. The summed E-state index contributed by atoms with van der Waals surface area (Å²) in [4.78, 5) is 24.4. The van der Waals surface area contributed by atoms with Crippen molar-refractivity contribution in [2.45, 2.75) is 26.1 Å². The van der Waals surface area contributed by atoms with E-state index < -0.39 is 29.7 Å². The molecule has 0 unspecified atom stereocenters. The van der Waals surface area contributed by atoms with Crippen LogP contribution in [0.4, 0.5) is 0 Å². The number of esters is 2. The summed E-state index contributed by atoms with van der Waals surface area (Å²) in [7, 11) is 1.54. The van der Waals surface area contributed by atoms with Gasteiger partial charge in [0.25, 0.3) is 5.79 Å². The predicted octanol–water partition coefficient (Wildman–Crippen LogP) is 1.05. The molecular formula is C15H18O6. The normalized spacial score (nSPS) is 19.6. The fourth-order valence-electron chi connectivity index (χ4n) is 2.17. The van der Waals surface area contributed by atoms with Crippen LogP contribution < -0.4 is 4.74 Å². The second-order valence-electron chi connectivity index (χ2n) is 5.44. The largest absolute Gasteiger partial charge is 0.497 e. The van der Waals surface area contributed by atoms with E-state index in [-0.39, 0.29) is 6.42 Å². The fourth-order valence-corrected chi connectivity index (χ4v) is 2.17. The van der Waals surface area contributed by atoms with Crippen LogP contribution in [0.3, 0.4) is 0 Å². The molecule has 0 bridgehead atoms. The number of ether oxygens (including phenoxy) is 3. The molecule has 1 aliphatic rings. The highest BCUT2D eigenvalue weighted by Gasteiger charge is 2.56. The average molecular weight is 294 g/mol. The van der Waals surface area contributed by atoms with Gasteiger partial charge in [0.1, 0.15) is 5.75 Å². The Bertz CT molecular complexity index is 526. The summed E-state index contributed by atoms with van der Waals surface area (Å²) in [6.45, 7) is 2.27. The minimum Gasteiger partial charge on any atom is -0.497 e. The van der Waals surface area contributed by atoms with E-state index in [0.717, 1.165) is 0 Å². The predicted molar refractivity (Wildman–Crippen MR) is 72.5 cm³/mol. The van der Waals surface area contributed by atoms with E-state index in [4.69, 9.17) is 14.2 Å². The number of aliphatic hydroxyl groups is 1. The van der Waals surface area contributed by atoms with E-state index in [1.807, 2.05) is 0 Å². The third-order valence-corrected chi connectivity index (χ3v) is 3.39. The van der Waals surface area contributed by atoms with Crippen molar-refractivity contribution < 1.29 is 28.9 Å². The van der Waals surface area contributed by atoms with Gasteiger partial charge < -0.3 is 19.3 Å². The number of benzene rings is 1. The lowest BCUT2D eigenvalue weighted by Crippen LogP contribution is -2.56. The lowest BCUT2D eigenvalue weighted by Gasteiger charge is -2.39. The van der Waals surface area contributed by atoms with Gasteiger partial charge in [0, 0.05) is 20.3 Å². The van der Waals surface area contributed by atoms with Gasteiger partial charge in [0.15, 0.2) is 5.41 Å². The zero-order valence-corrected chi connectivity index (χ0v) is 12.2. The first-order valence-electron chi connectivity index (χ1n) is 6.54. The number of carbonyl (C=O) groups excluding carboxylic acids is 2. The van der Waals surface area contributed by atoms with Crippen molar-refractivity contribution in [2.75, 3.05) is 13.7 Å². The van der Waals surface area contributed by atoms with Crippen molar-refractivity contribution in [1.82, 2.24) is 0 Å². The summed E-state index contributed by atoms with van der Waals surface area (Å²) in [6.07, 6.45) is 0.00123. The van der Waals surface area contributed by atoms with Crippen molar-refractivity contribution in [3.05, 3.63) is 29.8 Å². The van der Waals surface area contributed by atoms with Crippen molar-refractivity contribution >= 4 is 11.9 Å². The van der Waals surface area contributed by atoms with E-state index in [1.165, 1.54) is 13.8 Å². The number of carbonyl (C=O) groups is 2. The van der Waals surface area contributed by atoms with Crippen LogP contribution in [0.5, 0.6) is 5.75 Å². The zero-order chi connectivity index (χ0) is 15.7. The van der Waals surface area contributed by atoms with E-state index in [9.17, 15) is 14.7 Å². The Labute approximate surface area is 122 Å². The van der Waals surface area contributed by atoms with Gasteiger partial charge >= 0.3 is 11.9 Å². The highest BCUT2D eigenvalue weighted by molar-refractivity contribution is 6.02. The van der Waals surface area contributed by atoms with Crippen LogP contribution in [0.2, 0.25) is 0 Å². The van der Waals surface area contributed by atoms with Crippen molar-refractivity contribution in [2.24, 2.45) is 5.41 Å². The van der Waals surface area contributed by atoms with Crippen LogP contribution in [0.15, 0.2) is 24.3 Å². The summed E-state index contributed by atoms with van der Waals surface area (Å²) in [5, 5.41) is 9.59. The van der Waals surface area contributed by atoms with Gasteiger partial charge in [-0.05, 0) is 17.7 Å². The lowest BCUT2D eigenvalue weighted by atomic mass is 9.81. The van der Waals surface area contributed by atoms with Crippen LogP contribution in [-0.2, 0) is 25.5 Å². The van der Waals surface area contributed by atoms with Crippen LogP contribution in [0.1, 0.15) is 19.4 Å². The minimum absolute atomic E-state index is 0.00123. The smallest absolute Gasteiger partial charge is 0.329 e. The number of aliphatic hydroxyl groups excluding tert-OH is 1. The maximum absolute atomic E-state index is 12.2. The second kappa shape index (κ2) is 5.37. The molecule has 0 aliphatic carbocycles. The number of hydrogen-bond donors (Lipinski definition) is 1. The highest BCUT2D eigenvalue weighted by atomic mass is 16.7. The standard InChI is InChI=1S/C15H18O6/c1-14(2)20-12(17)15(9-16,13(18)21-14)8-10-4-6-11(19-3)7-5-10/h4-7,16H,8-9H2,1-3H3. The topological polar surface area (TPSA) is 82.1 Å². The highest BCUT2D eigenvalue weighted by Crippen LogP contribution is 2.35. The molecule has 6 nitrogen and oxygen atoms in total. The molecule has 1 aromatic rings. The molecule has 0 saturated carbocycles. The molecule has 1 aromatic carbocycles. The Hall–Kier alpha value is -2.08. The summed E-state index contributed by atoms with van der Waals surface area (Å²) in [5.74, 6) is -2.21. The number of hydrogen-bond acceptors (Lipinski definition) is 6. The molecule has 114 valence electrons. The van der Waals surface area contributed by atoms with E-state index in [0.29, 0.717) is 11.3 Å². The Morgan fingerprint density at radius 2 is 1.62 bits per heavy atom. The van der Waals surface area contributed by atoms with Crippen molar-refractivity contribution in [3.63, 3.8) is 0 Å². The molecule has 0 atom stereocenters. The van der Waals surface area contributed by atoms with Crippen molar-refractivity contribution in [1.29, 1.82) is 0 Å². The molecule has 1 N–H and O–H groups in total. The first kappa shape index (κ1) is 15.3. The van der Waals surface area contributed by atoms with E-state index in [2.05, 4.69) is 0 Å². The SMILES string of the molecule is COc1ccc(CC2(CO)C(=O)OC(C)(C)OC2=O)cc1. The molecule has 0 amide bonds. The zero-order valence-electron chi connectivity index (χ0n) is 12.2. The Kier molecular flexibility index (Phi) is 3.91. The molecule has 6 heteroatoms.